The van der Waals surface area contributed by atoms with Crippen molar-refractivity contribution in [3.8, 4) is 0 Å². The van der Waals surface area contributed by atoms with Crippen LogP contribution in [0.2, 0.25) is 0 Å². The van der Waals surface area contributed by atoms with Crippen LogP contribution in [0.5, 0.6) is 0 Å². The lowest BCUT2D eigenvalue weighted by Gasteiger charge is -2.49. The van der Waals surface area contributed by atoms with Crippen molar-refractivity contribution in [3.63, 3.8) is 0 Å². The van der Waals surface area contributed by atoms with Crippen molar-refractivity contribution in [2.75, 3.05) is 18.1 Å². The summed E-state index contributed by atoms with van der Waals surface area (Å²) >= 11 is 4.22. The molecule has 3 rings (SSSR count). The molecular weight excluding hydrogens is 262 g/mol. The molecule has 2 heterocycles. The molecule has 18 heavy (non-hydrogen) atoms. The van der Waals surface area contributed by atoms with E-state index >= 15 is 0 Å². The van der Waals surface area contributed by atoms with Crippen molar-refractivity contribution < 1.29 is 4.74 Å². The van der Waals surface area contributed by atoms with Gasteiger partial charge in [0.05, 0.1) is 5.60 Å². The standard InChI is InChI=1S/C14H25NOS2/c1-10-13(18-8-7-17-10)12(15)11-3-6-16-14(9-11)4-2-5-14/h10-13H,2-9,15H2,1H3. The van der Waals surface area contributed by atoms with Crippen LogP contribution in [0.15, 0.2) is 0 Å². The predicted octanol–water partition coefficient (Wildman–Crippen LogP) is 2.90. The first kappa shape index (κ1) is 13.6. The third kappa shape index (κ3) is 2.58. The smallest absolute Gasteiger partial charge is 0.0685 e. The Balaban J connectivity index is 1.62. The van der Waals surface area contributed by atoms with Crippen LogP contribution < -0.4 is 5.73 Å². The number of thioether (sulfide) groups is 2. The zero-order chi connectivity index (χ0) is 12.6. The molecule has 2 N–H and O–H groups in total. The Hall–Kier alpha value is 0.620. The lowest BCUT2D eigenvalue weighted by Crippen LogP contribution is -2.53. The Morgan fingerprint density at radius 2 is 2.06 bits per heavy atom. The molecule has 3 fully saturated rings. The molecule has 4 unspecified atom stereocenters. The highest BCUT2D eigenvalue weighted by Crippen LogP contribution is 2.46. The molecule has 4 heteroatoms. The molecule has 1 spiro atoms. The average Bonchev–Trinajstić information content (AvgIpc) is 2.37. The highest BCUT2D eigenvalue weighted by atomic mass is 32.2. The molecular formula is C14H25NOS2. The molecule has 0 amide bonds. The second-order valence-corrected chi connectivity index (χ2v) is 8.90. The molecule has 0 radical (unpaired) electrons. The molecule has 0 aromatic carbocycles. The van der Waals surface area contributed by atoms with E-state index in [0.717, 1.165) is 11.9 Å². The molecule has 2 nitrogen and oxygen atoms in total. The zero-order valence-electron chi connectivity index (χ0n) is 11.3. The van der Waals surface area contributed by atoms with Gasteiger partial charge in [0.1, 0.15) is 0 Å². The third-order valence-electron chi connectivity index (χ3n) is 4.96. The molecule has 0 bridgehead atoms. The number of nitrogens with two attached hydrogens (primary N) is 1. The molecule has 2 saturated heterocycles. The van der Waals surface area contributed by atoms with E-state index in [1.165, 1.54) is 43.6 Å². The highest BCUT2D eigenvalue weighted by molar-refractivity contribution is 8.07. The Labute approximate surface area is 119 Å². The topological polar surface area (TPSA) is 35.2 Å². The van der Waals surface area contributed by atoms with Crippen molar-refractivity contribution in [3.05, 3.63) is 0 Å². The molecule has 2 aliphatic heterocycles. The SMILES string of the molecule is CC1SCCSC1C(N)C1CCOC2(CCC2)C1. The van der Waals surface area contributed by atoms with Gasteiger partial charge in [0.2, 0.25) is 0 Å². The summed E-state index contributed by atoms with van der Waals surface area (Å²) in [6.45, 7) is 3.30. The van der Waals surface area contributed by atoms with Crippen LogP contribution in [0, 0.1) is 5.92 Å². The summed E-state index contributed by atoms with van der Waals surface area (Å²) in [4.78, 5) is 0. The summed E-state index contributed by atoms with van der Waals surface area (Å²) < 4.78 is 6.03. The van der Waals surface area contributed by atoms with Gasteiger partial charge in [0.15, 0.2) is 0 Å². The zero-order valence-corrected chi connectivity index (χ0v) is 12.9. The van der Waals surface area contributed by atoms with E-state index in [2.05, 4.69) is 30.4 Å². The molecule has 1 saturated carbocycles. The highest BCUT2D eigenvalue weighted by Gasteiger charge is 2.45. The largest absolute Gasteiger partial charge is 0.375 e. The first-order valence-corrected chi connectivity index (χ1v) is 9.43. The van der Waals surface area contributed by atoms with Gasteiger partial charge in [-0.3, -0.25) is 0 Å². The van der Waals surface area contributed by atoms with Crippen molar-refractivity contribution >= 4 is 23.5 Å². The quantitative estimate of drug-likeness (QED) is 0.847. The van der Waals surface area contributed by atoms with E-state index in [9.17, 15) is 0 Å². The van der Waals surface area contributed by atoms with Crippen LogP contribution in [0.4, 0.5) is 0 Å². The summed E-state index contributed by atoms with van der Waals surface area (Å²) in [5.41, 5.74) is 6.87. The fourth-order valence-electron chi connectivity index (χ4n) is 3.65. The third-order valence-corrected chi connectivity index (χ3v) is 8.19. The summed E-state index contributed by atoms with van der Waals surface area (Å²) in [6, 6.07) is 0.374. The van der Waals surface area contributed by atoms with Crippen LogP contribution in [-0.4, -0.2) is 40.3 Å². The van der Waals surface area contributed by atoms with Crippen molar-refractivity contribution in [2.24, 2.45) is 11.7 Å². The summed E-state index contributed by atoms with van der Waals surface area (Å²) in [6.07, 6.45) is 6.31. The van der Waals surface area contributed by atoms with E-state index in [4.69, 9.17) is 10.5 Å². The van der Waals surface area contributed by atoms with Gasteiger partial charge in [0, 0.05) is 34.7 Å². The van der Waals surface area contributed by atoms with Crippen molar-refractivity contribution in [1.82, 2.24) is 0 Å². The van der Waals surface area contributed by atoms with Crippen LogP contribution >= 0.6 is 23.5 Å². The van der Waals surface area contributed by atoms with Gasteiger partial charge in [-0.05, 0) is 38.0 Å². The fraction of sp³-hybridized carbons (Fsp3) is 1.00. The summed E-state index contributed by atoms with van der Waals surface area (Å²) in [5, 5.41) is 1.38. The van der Waals surface area contributed by atoms with Crippen LogP contribution in [0.25, 0.3) is 0 Å². The second-order valence-electron chi connectivity index (χ2n) is 6.13. The number of ether oxygens (including phenoxy) is 1. The van der Waals surface area contributed by atoms with Crippen LogP contribution in [0.3, 0.4) is 0 Å². The Morgan fingerprint density at radius 3 is 2.72 bits per heavy atom. The number of hydrogen-bond donors (Lipinski definition) is 1. The molecule has 0 aromatic rings. The van der Waals surface area contributed by atoms with E-state index in [1.54, 1.807) is 0 Å². The maximum Gasteiger partial charge on any atom is 0.0685 e. The Kier molecular flexibility index (Phi) is 4.19. The van der Waals surface area contributed by atoms with Gasteiger partial charge in [0.25, 0.3) is 0 Å². The van der Waals surface area contributed by atoms with Gasteiger partial charge >= 0.3 is 0 Å². The monoisotopic (exact) mass is 287 g/mol. The van der Waals surface area contributed by atoms with Gasteiger partial charge in [-0.1, -0.05) is 6.92 Å². The number of hydrogen-bond acceptors (Lipinski definition) is 4. The molecule has 3 aliphatic rings. The minimum Gasteiger partial charge on any atom is -0.375 e. The first-order chi connectivity index (χ1) is 8.70. The normalized spacial score (nSPS) is 41.3. The van der Waals surface area contributed by atoms with E-state index in [-0.39, 0.29) is 5.60 Å². The Bertz CT molecular complexity index is 296. The molecule has 104 valence electrons. The second kappa shape index (κ2) is 5.55. The average molecular weight is 287 g/mol. The van der Waals surface area contributed by atoms with Gasteiger partial charge < -0.3 is 10.5 Å². The molecule has 0 aromatic heterocycles. The maximum atomic E-state index is 6.62. The minimum atomic E-state index is 0.246. The van der Waals surface area contributed by atoms with Gasteiger partial charge in [-0.15, -0.1) is 0 Å². The van der Waals surface area contributed by atoms with Crippen molar-refractivity contribution in [2.45, 2.75) is 61.2 Å². The maximum absolute atomic E-state index is 6.62. The lowest BCUT2D eigenvalue weighted by atomic mass is 9.70. The fourth-order valence-corrected chi connectivity index (χ4v) is 6.63. The summed E-state index contributed by atoms with van der Waals surface area (Å²) in [7, 11) is 0. The van der Waals surface area contributed by atoms with Crippen molar-refractivity contribution in [1.29, 1.82) is 0 Å². The van der Waals surface area contributed by atoms with E-state index in [1.807, 2.05) is 0 Å². The lowest BCUT2D eigenvalue weighted by molar-refractivity contribution is -0.145. The van der Waals surface area contributed by atoms with Crippen LogP contribution in [0.1, 0.15) is 39.0 Å². The molecule has 1 aliphatic carbocycles. The van der Waals surface area contributed by atoms with Gasteiger partial charge in [-0.2, -0.15) is 23.5 Å². The number of rotatable bonds is 2. The van der Waals surface area contributed by atoms with E-state index < -0.39 is 0 Å². The minimum absolute atomic E-state index is 0.246. The predicted molar refractivity (Wildman–Crippen MR) is 81.4 cm³/mol. The Morgan fingerprint density at radius 1 is 1.28 bits per heavy atom. The van der Waals surface area contributed by atoms with E-state index in [0.29, 0.717) is 17.2 Å². The van der Waals surface area contributed by atoms with Crippen LogP contribution in [-0.2, 0) is 4.74 Å². The first-order valence-electron chi connectivity index (χ1n) is 7.33. The molecule has 4 atom stereocenters. The van der Waals surface area contributed by atoms with Gasteiger partial charge in [-0.25, -0.2) is 0 Å². The summed E-state index contributed by atoms with van der Waals surface area (Å²) in [5.74, 6) is 3.27.